The summed E-state index contributed by atoms with van der Waals surface area (Å²) in [6.45, 7) is 5.17. The highest BCUT2D eigenvalue weighted by Gasteiger charge is 2.47. The Morgan fingerprint density at radius 1 is 0.897 bits per heavy atom. The number of carbonyl (C=O) groups is 2. The Labute approximate surface area is 227 Å². The summed E-state index contributed by atoms with van der Waals surface area (Å²) in [5, 5.41) is 12.3. The van der Waals surface area contributed by atoms with E-state index in [2.05, 4.69) is 11.9 Å². The summed E-state index contributed by atoms with van der Waals surface area (Å²) < 4.78 is 11.4. The normalized spacial score (nSPS) is 16.7. The number of carbonyl (C=O) groups excluding carboxylic acids is 2. The van der Waals surface area contributed by atoms with E-state index < -0.39 is 17.7 Å². The number of ether oxygens (including phenoxy) is 2. The fourth-order valence-electron chi connectivity index (χ4n) is 4.99. The number of ketones is 1. The molecule has 39 heavy (non-hydrogen) atoms. The topological polar surface area (TPSA) is 91.9 Å². The van der Waals surface area contributed by atoms with Crippen molar-refractivity contribution in [3.8, 4) is 11.5 Å². The molecule has 0 bridgehead atoms. The van der Waals surface area contributed by atoms with E-state index in [-0.39, 0.29) is 11.3 Å². The molecule has 1 aromatic heterocycles. The first-order chi connectivity index (χ1) is 19.0. The van der Waals surface area contributed by atoms with Crippen molar-refractivity contribution in [1.82, 2.24) is 4.98 Å². The lowest BCUT2D eigenvalue weighted by Gasteiger charge is -2.25. The molecule has 1 aliphatic heterocycles. The highest BCUT2D eigenvalue weighted by atomic mass is 16.5. The van der Waals surface area contributed by atoms with Gasteiger partial charge in [0.05, 0.1) is 24.8 Å². The Morgan fingerprint density at radius 2 is 1.59 bits per heavy atom. The number of benzene rings is 3. The van der Waals surface area contributed by atoms with Crippen LogP contribution in [-0.4, -0.2) is 35.0 Å². The number of amides is 1. The number of hydrogen-bond donors (Lipinski definition) is 2. The fraction of sp³-hybridized carbons (Fsp3) is 0.250. The zero-order valence-electron chi connectivity index (χ0n) is 22.1. The second-order valence-corrected chi connectivity index (χ2v) is 9.47. The van der Waals surface area contributed by atoms with Gasteiger partial charge in [0.2, 0.25) is 0 Å². The summed E-state index contributed by atoms with van der Waals surface area (Å²) in [6.07, 6.45) is 4.98. The summed E-state index contributed by atoms with van der Waals surface area (Å²) in [4.78, 5) is 31.7. The molecule has 3 aromatic carbocycles. The first kappa shape index (κ1) is 26.1. The van der Waals surface area contributed by atoms with Gasteiger partial charge in [-0.15, -0.1) is 0 Å². The van der Waals surface area contributed by atoms with E-state index in [1.54, 1.807) is 54.7 Å². The van der Waals surface area contributed by atoms with E-state index in [1.807, 2.05) is 31.2 Å². The van der Waals surface area contributed by atoms with Crippen molar-refractivity contribution in [1.29, 1.82) is 0 Å². The number of anilines is 1. The minimum atomic E-state index is -0.830. The molecule has 4 aromatic rings. The molecule has 2 N–H and O–H groups in total. The number of Topliss-reactive ketones (excluding diaryl/α,β-unsaturated/α-hetero) is 1. The van der Waals surface area contributed by atoms with Gasteiger partial charge in [-0.25, -0.2) is 0 Å². The van der Waals surface area contributed by atoms with Crippen molar-refractivity contribution < 1.29 is 24.2 Å². The number of aromatic amines is 1. The molecule has 1 fully saturated rings. The van der Waals surface area contributed by atoms with Gasteiger partial charge < -0.3 is 19.6 Å². The lowest BCUT2D eigenvalue weighted by Crippen LogP contribution is -2.29. The maximum Gasteiger partial charge on any atom is 0.300 e. The number of unbranched alkanes of at least 4 members (excludes halogenated alkanes) is 2. The number of H-pyrrole nitrogens is 1. The molecular formula is C32H32N2O5. The molecule has 0 saturated carbocycles. The minimum Gasteiger partial charge on any atom is -0.507 e. The zero-order chi connectivity index (χ0) is 27.4. The monoisotopic (exact) mass is 524 g/mol. The molecular weight excluding hydrogens is 492 g/mol. The molecule has 200 valence electrons. The van der Waals surface area contributed by atoms with Gasteiger partial charge in [-0.2, -0.15) is 0 Å². The van der Waals surface area contributed by atoms with E-state index in [1.165, 1.54) is 4.90 Å². The molecule has 7 nitrogen and oxygen atoms in total. The quantitative estimate of drug-likeness (QED) is 0.103. The van der Waals surface area contributed by atoms with E-state index >= 15 is 0 Å². The molecule has 2 heterocycles. The first-order valence-electron chi connectivity index (χ1n) is 13.4. The highest BCUT2D eigenvalue weighted by molar-refractivity contribution is 6.51. The molecule has 1 saturated heterocycles. The van der Waals surface area contributed by atoms with Crippen LogP contribution in [0.15, 0.2) is 84.6 Å². The molecule has 5 rings (SSSR count). The lowest BCUT2D eigenvalue weighted by molar-refractivity contribution is -0.132. The Kier molecular flexibility index (Phi) is 7.68. The standard InChI is InChI=1S/C32H32N2O5/c1-3-5-8-19-39-24-15-11-21(12-16-24)30(35)28-29(26-20-33-27-10-7-6-9-25(26)27)34(32(37)31(28)36)22-13-17-23(18-14-22)38-4-2/h6-7,9-18,20,29,33,35H,3-5,8,19H2,1-2H3/b30-28+. The Morgan fingerprint density at radius 3 is 2.31 bits per heavy atom. The van der Waals surface area contributed by atoms with Crippen molar-refractivity contribution in [2.24, 2.45) is 0 Å². The van der Waals surface area contributed by atoms with Crippen LogP contribution in [-0.2, 0) is 9.59 Å². The summed E-state index contributed by atoms with van der Waals surface area (Å²) >= 11 is 0. The van der Waals surface area contributed by atoms with E-state index in [9.17, 15) is 14.7 Å². The number of nitrogens with one attached hydrogen (secondary N) is 1. The van der Waals surface area contributed by atoms with Gasteiger partial charge in [-0.05, 0) is 67.9 Å². The summed E-state index contributed by atoms with van der Waals surface area (Å²) in [6, 6.07) is 20.9. The molecule has 0 radical (unpaired) electrons. The number of hydrogen-bond acceptors (Lipinski definition) is 5. The van der Waals surface area contributed by atoms with Crippen LogP contribution in [0.2, 0.25) is 0 Å². The fourth-order valence-corrected chi connectivity index (χ4v) is 4.99. The summed E-state index contributed by atoms with van der Waals surface area (Å²) in [5.74, 6) is -0.317. The third-order valence-corrected chi connectivity index (χ3v) is 6.93. The second-order valence-electron chi connectivity index (χ2n) is 9.47. The number of aromatic nitrogens is 1. The van der Waals surface area contributed by atoms with Gasteiger partial charge in [0.1, 0.15) is 17.3 Å². The number of nitrogens with zero attached hydrogens (tertiary/aromatic N) is 1. The summed E-state index contributed by atoms with van der Waals surface area (Å²) in [5.41, 5.74) is 2.59. The van der Waals surface area contributed by atoms with E-state index in [4.69, 9.17) is 9.47 Å². The van der Waals surface area contributed by atoms with Gasteiger partial charge in [-0.3, -0.25) is 14.5 Å². The maximum absolute atomic E-state index is 13.5. The van der Waals surface area contributed by atoms with Crippen molar-refractivity contribution in [2.75, 3.05) is 18.1 Å². The highest BCUT2D eigenvalue weighted by Crippen LogP contribution is 2.44. The van der Waals surface area contributed by atoms with Crippen LogP contribution in [0.1, 0.15) is 50.3 Å². The van der Waals surface area contributed by atoms with Crippen molar-refractivity contribution >= 4 is 34.0 Å². The third-order valence-electron chi connectivity index (χ3n) is 6.93. The van der Waals surface area contributed by atoms with Crippen LogP contribution in [0.25, 0.3) is 16.7 Å². The number of fused-ring (bicyclic) bond motifs is 1. The van der Waals surface area contributed by atoms with Crippen LogP contribution in [0.3, 0.4) is 0 Å². The van der Waals surface area contributed by atoms with Crippen molar-refractivity contribution in [3.63, 3.8) is 0 Å². The van der Waals surface area contributed by atoms with Crippen LogP contribution in [0.5, 0.6) is 11.5 Å². The zero-order valence-corrected chi connectivity index (χ0v) is 22.1. The second kappa shape index (κ2) is 11.5. The van der Waals surface area contributed by atoms with Gasteiger partial charge in [0.15, 0.2) is 0 Å². The molecule has 0 aliphatic carbocycles. The Bertz CT molecular complexity index is 1500. The maximum atomic E-state index is 13.5. The number of aliphatic hydroxyl groups is 1. The van der Waals surface area contributed by atoms with Crippen LogP contribution >= 0.6 is 0 Å². The van der Waals surface area contributed by atoms with Crippen molar-refractivity contribution in [2.45, 2.75) is 39.2 Å². The molecule has 7 heteroatoms. The van der Waals surface area contributed by atoms with Gasteiger partial charge in [-0.1, -0.05) is 38.0 Å². The minimum absolute atomic E-state index is 0.0373. The van der Waals surface area contributed by atoms with Crippen LogP contribution in [0.4, 0.5) is 5.69 Å². The third kappa shape index (κ3) is 5.12. The molecule has 1 aliphatic rings. The van der Waals surface area contributed by atoms with E-state index in [0.717, 1.165) is 35.7 Å². The molecule has 0 spiro atoms. The molecule has 1 atom stereocenters. The smallest absolute Gasteiger partial charge is 0.300 e. The van der Waals surface area contributed by atoms with Crippen LogP contribution < -0.4 is 14.4 Å². The molecule has 1 amide bonds. The molecule has 1 unspecified atom stereocenters. The largest absolute Gasteiger partial charge is 0.507 e. The predicted octanol–water partition coefficient (Wildman–Crippen LogP) is 6.76. The van der Waals surface area contributed by atoms with Gasteiger partial charge in [0, 0.05) is 33.9 Å². The van der Waals surface area contributed by atoms with Gasteiger partial charge in [0.25, 0.3) is 11.7 Å². The summed E-state index contributed by atoms with van der Waals surface area (Å²) in [7, 11) is 0. The average molecular weight is 525 g/mol. The van der Waals surface area contributed by atoms with Gasteiger partial charge >= 0.3 is 0 Å². The number of para-hydroxylation sites is 1. The number of rotatable bonds is 10. The number of aliphatic hydroxyl groups excluding tert-OH is 1. The Balaban J connectivity index is 1.58. The SMILES string of the molecule is CCCCCOc1ccc(/C(O)=C2\C(=O)C(=O)N(c3ccc(OCC)cc3)C2c2c[nH]c3ccccc23)cc1. The average Bonchev–Trinajstić information content (AvgIpc) is 3.50. The first-order valence-corrected chi connectivity index (χ1v) is 13.4. The Hall–Kier alpha value is -4.52. The predicted molar refractivity (Wildman–Crippen MR) is 152 cm³/mol. The van der Waals surface area contributed by atoms with E-state index in [0.29, 0.717) is 36.0 Å². The van der Waals surface area contributed by atoms with Crippen molar-refractivity contribution in [3.05, 3.63) is 95.7 Å². The van der Waals surface area contributed by atoms with Crippen LogP contribution in [0, 0.1) is 0 Å². The lowest BCUT2D eigenvalue weighted by atomic mass is 9.94.